The first kappa shape index (κ1) is 24.9. The van der Waals surface area contributed by atoms with Crippen LogP contribution in [0.25, 0.3) is 96.3 Å². The van der Waals surface area contributed by atoms with Crippen molar-refractivity contribution in [3.8, 4) is 22.3 Å². The molecular formula is C44H26S. The van der Waals surface area contributed by atoms with Gasteiger partial charge < -0.3 is 0 Å². The molecule has 208 valence electrons. The number of rotatable bonds is 2. The quantitative estimate of drug-likeness (QED) is 0.177. The summed E-state index contributed by atoms with van der Waals surface area (Å²) in [6, 6.07) is 58.4. The van der Waals surface area contributed by atoms with Crippen molar-refractivity contribution in [2.45, 2.75) is 0 Å². The molecule has 10 aromatic rings. The average Bonchev–Trinajstić information content (AvgIpc) is 3.50. The summed E-state index contributed by atoms with van der Waals surface area (Å²) in [5.74, 6) is 0. The third kappa shape index (κ3) is 3.59. The molecule has 0 bridgehead atoms. The average molecular weight is 587 g/mol. The summed E-state index contributed by atoms with van der Waals surface area (Å²) in [6.45, 7) is 0. The Hall–Kier alpha value is -5.50. The van der Waals surface area contributed by atoms with Gasteiger partial charge >= 0.3 is 0 Å². The van der Waals surface area contributed by atoms with Crippen LogP contribution in [-0.4, -0.2) is 0 Å². The maximum absolute atomic E-state index is 2.43. The molecule has 0 nitrogen and oxygen atoms in total. The van der Waals surface area contributed by atoms with E-state index >= 15 is 0 Å². The Morgan fingerprint density at radius 3 is 1.47 bits per heavy atom. The minimum Gasteiger partial charge on any atom is -0.135 e. The van der Waals surface area contributed by atoms with E-state index in [1.54, 1.807) is 0 Å². The van der Waals surface area contributed by atoms with Crippen LogP contribution in [0, 0.1) is 0 Å². The molecule has 0 saturated carbocycles. The van der Waals surface area contributed by atoms with Gasteiger partial charge in [0.15, 0.2) is 0 Å². The number of hydrogen-bond donors (Lipinski definition) is 0. The molecule has 0 fully saturated rings. The van der Waals surface area contributed by atoms with Gasteiger partial charge in [-0.3, -0.25) is 0 Å². The fourth-order valence-corrected chi connectivity index (χ4v) is 8.88. The maximum atomic E-state index is 2.43. The topological polar surface area (TPSA) is 0 Å². The molecule has 45 heavy (non-hydrogen) atoms. The number of benzene rings is 9. The zero-order valence-corrected chi connectivity index (χ0v) is 25.2. The lowest BCUT2D eigenvalue weighted by Crippen LogP contribution is -1.89. The van der Waals surface area contributed by atoms with Gasteiger partial charge in [-0.1, -0.05) is 140 Å². The second-order valence-electron chi connectivity index (χ2n) is 12.0. The van der Waals surface area contributed by atoms with E-state index in [1.165, 1.54) is 96.3 Å². The zero-order chi connectivity index (χ0) is 29.5. The molecule has 0 N–H and O–H groups in total. The van der Waals surface area contributed by atoms with E-state index in [2.05, 4.69) is 158 Å². The van der Waals surface area contributed by atoms with Crippen molar-refractivity contribution < 1.29 is 0 Å². The molecule has 1 heteroatoms. The Kier molecular flexibility index (Phi) is 5.25. The molecule has 0 saturated heterocycles. The number of hydrogen-bond acceptors (Lipinski definition) is 1. The van der Waals surface area contributed by atoms with Crippen LogP contribution in [0.2, 0.25) is 0 Å². The molecule has 10 rings (SSSR count). The van der Waals surface area contributed by atoms with Crippen LogP contribution < -0.4 is 0 Å². The SMILES string of the molecule is c1cc(-c2ccc3c4ccccc4c4c5ccccc5c5ccccc5c4c3c2)cc(-c2cccc3c2sc2ccccc23)c1. The van der Waals surface area contributed by atoms with E-state index < -0.39 is 0 Å². The molecule has 0 unspecified atom stereocenters. The van der Waals surface area contributed by atoms with Crippen molar-refractivity contribution >= 4 is 85.4 Å². The Labute approximate surface area is 264 Å². The van der Waals surface area contributed by atoms with Crippen LogP contribution in [0.1, 0.15) is 0 Å². The highest BCUT2D eigenvalue weighted by Gasteiger charge is 2.17. The molecule has 0 aliphatic carbocycles. The fraction of sp³-hybridized carbons (Fsp3) is 0. The predicted octanol–water partition coefficient (Wildman–Crippen LogP) is 13.2. The van der Waals surface area contributed by atoms with Crippen molar-refractivity contribution in [2.75, 3.05) is 0 Å². The van der Waals surface area contributed by atoms with Crippen LogP contribution >= 0.6 is 11.3 Å². The summed E-state index contributed by atoms with van der Waals surface area (Å²) in [5.41, 5.74) is 5.02. The minimum atomic E-state index is 1.24. The molecule has 0 aliphatic rings. The van der Waals surface area contributed by atoms with Gasteiger partial charge in [0, 0.05) is 20.2 Å². The number of fused-ring (bicyclic) bond motifs is 14. The smallest absolute Gasteiger partial charge is 0.0433 e. The lowest BCUT2D eigenvalue weighted by molar-refractivity contribution is 1.63. The first-order valence-electron chi connectivity index (χ1n) is 15.5. The summed E-state index contributed by atoms with van der Waals surface area (Å²) in [6.07, 6.45) is 0. The zero-order valence-electron chi connectivity index (χ0n) is 24.4. The molecule has 1 aromatic heterocycles. The van der Waals surface area contributed by atoms with Crippen molar-refractivity contribution in [3.63, 3.8) is 0 Å². The third-order valence-electron chi connectivity index (χ3n) is 9.62. The lowest BCUT2D eigenvalue weighted by atomic mass is 9.86. The van der Waals surface area contributed by atoms with Gasteiger partial charge in [-0.25, -0.2) is 0 Å². The second-order valence-corrected chi connectivity index (χ2v) is 13.1. The third-order valence-corrected chi connectivity index (χ3v) is 10.8. The Morgan fingerprint density at radius 1 is 0.289 bits per heavy atom. The van der Waals surface area contributed by atoms with Gasteiger partial charge in [-0.05, 0) is 94.3 Å². The van der Waals surface area contributed by atoms with Crippen molar-refractivity contribution in [1.29, 1.82) is 0 Å². The lowest BCUT2D eigenvalue weighted by Gasteiger charge is -2.17. The monoisotopic (exact) mass is 586 g/mol. The van der Waals surface area contributed by atoms with Crippen molar-refractivity contribution in [3.05, 3.63) is 158 Å². The predicted molar refractivity (Wildman–Crippen MR) is 198 cm³/mol. The standard InChI is InChI=1S/C44H26S/c1-4-17-36-31(13-1)32-14-2-6-19-38(32)43-40-26-28(23-24-34(40)33-15-3-5-18-37(33)42(36)43)27-11-9-12-29(25-27)30-20-10-21-39-35-16-7-8-22-41(35)45-44(30)39/h1-26H. The molecule has 0 spiro atoms. The van der Waals surface area contributed by atoms with E-state index in [0.29, 0.717) is 0 Å². The van der Waals surface area contributed by atoms with Gasteiger partial charge in [0.1, 0.15) is 0 Å². The first-order valence-corrected chi connectivity index (χ1v) is 16.3. The van der Waals surface area contributed by atoms with Crippen LogP contribution in [0.5, 0.6) is 0 Å². The summed E-state index contributed by atoms with van der Waals surface area (Å²) >= 11 is 1.89. The summed E-state index contributed by atoms with van der Waals surface area (Å²) in [4.78, 5) is 0. The Balaban J connectivity index is 1.27. The summed E-state index contributed by atoms with van der Waals surface area (Å²) in [7, 11) is 0. The largest absolute Gasteiger partial charge is 0.135 e. The van der Waals surface area contributed by atoms with Crippen LogP contribution in [0.3, 0.4) is 0 Å². The van der Waals surface area contributed by atoms with Gasteiger partial charge in [0.25, 0.3) is 0 Å². The highest BCUT2D eigenvalue weighted by atomic mass is 32.1. The maximum Gasteiger partial charge on any atom is 0.0433 e. The first-order chi connectivity index (χ1) is 22.3. The Bertz CT molecular complexity index is 2800. The summed E-state index contributed by atoms with van der Waals surface area (Å²) in [5, 5.41) is 15.8. The summed E-state index contributed by atoms with van der Waals surface area (Å²) < 4.78 is 2.69. The molecule has 0 aliphatic heterocycles. The van der Waals surface area contributed by atoms with E-state index in [-0.39, 0.29) is 0 Å². The van der Waals surface area contributed by atoms with Gasteiger partial charge in [-0.15, -0.1) is 11.3 Å². The van der Waals surface area contributed by atoms with Crippen LogP contribution in [0.4, 0.5) is 0 Å². The molecule has 9 aromatic carbocycles. The molecule has 0 atom stereocenters. The van der Waals surface area contributed by atoms with Gasteiger partial charge in [0.2, 0.25) is 0 Å². The molecule has 1 heterocycles. The molecule has 0 radical (unpaired) electrons. The normalized spacial score (nSPS) is 12.0. The van der Waals surface area contributed by atoms with Crippen LogP contribution in [-0.2, 0) is 0 Å². The molecule has 0 amide bonds. The van der Waals surface area contributed by atoms with Crippen molar-refractivity contribution in [2.24, 2.45) is 0 Å². The van der Waals surface area contributed by atoms with Crippen molar-refractivity contribution in [1.82, 2.24) is 0 Å². The fourth-order valence-electron chi connectivity index (χ4n) is 7.64. The van der Waals surface area contributed by atoms with E-state index in [4.69, 9.17) is 0 Å². The van der Waals surface area contributed by atoms with Gasteiger partial charge in [0.05, 0.1) is 0 Å². The van der Waals surface area contributed by atoms with Crippen LogP contribution in [0.15, 0.2) is 158 Å². The second kappa shape index (κ2) is 9.50. The van der Waals surface area contributed by atoms with E-state index in [0.717, 1.165) is 0 Å². The van der Waals surface area contributed by atoms with Gasteiger partial charge in [-0.2, -0.15) is 0 Å². The van der Waals surface area contributed by atoms with E-state index in [1.807, 2.05) is 11.3 Å². The Morgan fingerprint density at radius 2 is 0.778 bits per heavy atom. The number of thiophene rings is 1. The molecular weight excluding hydrogens is 561 g/mol. The highest BCUT2D eigenvalue weighted by molar-refractivity contribution is 7.26. The minimum absolute atomic E-state index is 1.24. The highest BCUT2D eigenvalue weighted by Crippen LogP contribution is 2.45. The van der Waals surface area contributed by atoms with E-state index in [9.17, 15) is 0 Å².